The van der Waals surface area contributed by atoms with Crippen molar-refractivity contribution in [1.29, 1.82) is 0 Å². The van der Waals surface area contributed by atoms with E-state index in [-0.39, 0.29) is 0 Å². The fourth-order valence-corrected chi connectivity index (χ4v) is 4.91. The molecule has 0 saturated carbocycles. The average Bonchev–Trinajstić information content (AvgIpc) is 3.12. The van der Waals surface area contributed by atoms with Crippen LogP contribution in [0.2, 0.25) is 0 Å². The number of aromatic nitrogens is 1. The van der Waals surface area contributed by atoms with E-state index in [1.807, 2.05) is 6.07 Å². The van der Waals surface area contributed by atoms with Gasteiger partial charge in [-0.25, -0.2) is 0 Å². The SMILES string of the molecule is COc1ccc2[nH]c3c(c2c1)CC(CN1CC=C(c2ccccc2)CC1)CC3. The standard InChI is InChI=1S/C25H28N2O/c1-28-21-8-10-25-23(16-21)22-15-18(7-9-24(22)26-25)17-27-13-11-20(12-14-27)19-5-3-2-4-6-19/h2-6,8,10-11,16,18,26H,7,9,12-15,17H2,1H3. The summed E-state index contributed by atoms with van der Waals surface area (Å²) in [5.74, 6) is 1.69. The quantitative estimate of drug-likeness (QED) is 0.692. The van der Waals surface area contributed by atoms with Crippen LogP contribution in [-0.4, -0.2) is 36.6 Å². The number of hydrogen-bond donors (Lipinski definition) is 1. The maximum absolute atomic E-state index is 5.45. The first-order chi connectivity index (χ1) is 13.8. The Bertz CT molecular complexity index is 1000. The van der Waals surface area contributed by atoms with E-state index in [0.29, 0.717) is 0 Å². The highest BCUT2D eigenvalue weighted by Gasteiger charge is 2.25. The van der Waals surface area contributed by atoms with Gasteiger partial charge >= 0.3 is 0 Å². The number of methoxy groups -OCH3 is 1. The number of benzene rings is 2. The smallest absolute Gasteiger partial charge is 0.119 e. The third-order valence-electron chi connectivity index (χ3n) is 6.45. The van der Waals surface area contributed by atoms with Crippen molar-refractivity contribution in [2.24, 2.45) is 5.92 Å². The lowest BCUT2D eigenvalue weighted by molar-refractivity contribution is 0.238. The van der Waals surface area contributed by atoms with E-state index in [1.54, 1.807) is 7.11 Å². The molecule has 144 valence electrons. The molecule has 1 aromatic heterocycles. The van der Waals surface area contributed by atoms with Gasteiger partial charge in [0.1, 0.15) is 5.75 Å². The number of H-pyrrole nitrogens is 1. The summed E-state index contributed by atoms with van der Waals surface area (Å²) in [7, 11) is 1.75. The van der Waals surface area contributed by atoms with Gasteiger partial charge in [0, 0.05) is 36.2 Å². The van der Waals surface area contributed by atoms with E-state index in [9.17, 15) is 0 Å². The summed E-state index contributed by atoms with van der Waals surface area (Å²) in [5, 5.41) is 1.35. The molecule has 2 aliphatic rings. The number of ether oxygens (including phenoxy) is 1. The highest BCUT2D eigenvalue weighted by Crippen LogP contribution is 2.34. The first-order valence-electron chi connectivity index (χ1n) is 10.4. The lowest BCUT2D eigenvalue weighted by Crippen LogP contribution is -2.35. The van der Waals surface area contributed by atoms with Crippen molar-refractivity contribution < 1.29 is 4.74 Å². The second-order valence-electron chi connectivity index (χ2n) is 8.21. The van der Waals surface area contributed by atoms with Crippen LogP contribution in [0.3, 0.4) is 0 Å². The number of aryl methyl sites for hydroxylation is 1. The van der Waals surface area contributed by atoms with Gasteiger partial charge in [0.15, 0.2) is 0 Å². The zero-order chi connectivity index (χ0) is 18.9. The molecule has 1 N–H and O–H groups in total. The lowest BCUT2D eigenvalue weighted by Gasteiger charge is -2.32. The Balaban J connectivity index is 1.28. The van der Waals surface area contributed by atoms with Crippen LogP contribution in [0.25, 0.3) is 16.5 Å². The molecule has 3 aromatic rings. The molecule has 1 aliphatic carbocycles. The van der Waals surface area contributed by atoms with E-state index in [0.717, 1.165) is 31.1 Å². The number of rotatable bonds is 4. The van der Waals surface area contributed by atoms with Crippen molar-refractivity contribution in [3.8, 4) is 5.75 Å². The van der Waals surface area contributed by atoms with Gasteiger partial charge < -0.3 is 9.72 Å². The minimum Gasteiger partial charge on any atom is -0.497 e. The van der Waals surface area contributed by atoms with Gasteiger partial charge in [-0.3, -0.25) is 4.90 Å². The first kappa shape index (κ1) is 17.6. The highest BCUT2D eigenvalue weighted by atomic mass is 16.5. The van der Waals surface area contributed by atoms with Crippen LogP contribution in [-0.2, 0) is 12.8 Å². The van der Waals surface area contributed by atoms with Crippen molar-refractivity contribution in [1.82, 2.24) is 9.88 Å². The summed E-state index contributed by atoms with van der Waals surface area (Å²) in [4.78, 5) is 6.27. The Hall–Kier alpha value is -2.52. The molecule has 0 bridgehead atoms. The summed E-state index contributed by atoms with van der Waals surface area (Å²) >= 11 is 0. The van der Waals surface area contributed by atoms with E-state index in [2.05, 4.69) is 58.4 Å². The number of hydrogen-bond acceptors (Lipinski definition) is 2. The zero-order valence-electron chi connectivity index (χ0n) is 16.6. The monoisotopic (exact) mass is 372 g/mol. The molecule has 0 radical (unpaired) electrons. The molecule has 2 heterocycles. The Morgan fingerprint density at radius 3 is 2.79 bits per heavy atom. The largest absolute Gasteiger partial charge is 0.497 e. The van der Waals surface area contributed by atoms with Crippen LogP contribution in [0.5, 0.6) is 5.75 Å². The molecule has 28 heavy (non-hydrogen) atoms. The van der Waals surface area contributed by atoms with Gasteiger partial charge in [0.2, 0.25) is 0 Å². The predicted molar refractivity (Wildman–Crippen MR) is 116 cm³/mol. The van der Waals surface area contributed by atoms with Crippen LogP contribution in [0.15, 0.2) is 54.6 Å². The van der Waals surface area contributed by atoms with Gasteiger partial charge in [0.05, 0.1) is 7.11 Å². The number of aromatic amines is 1. The van der Waals surface area contributed by atoms with Gasteiger partial charge in [-0.1, -0.05) is 36.4 Å². The van der Waals surface area contributed by atoms with E-state index in [1.165, 1.54) is 59.2 Å². The van der Waals surface area contributed by atoms with Crippen LogP contribution in [0, 0.1) is 5.92 Å². The molecule has 0 fully saturated rings. The minimum absolute atomic E-state index is 0.740. The number of nitrogens with zero attached hydrogens (tertiary/aromatic N) is 1. The minimum atomic E-state index is 0.740. The van der Waals surface area contributed by atoms with Crippen molar-refractivity contribution >= 4 is 16.5 Å². The van der Waals surface area contributed by atoms with E-state index >= 15 is 0 Å². The molecule has 3 nitrogen and oxygen atoms in total. The first-order valence-corrected chi connectivity index (χ1v) is 10.4. The van der Waals surface area contributed by atoms with Crippen molar-refractivity contribution in [2.45, 2.75) is 25.7 Å². The predicted octanol–water partition coefficient (Wildman–Crippen LogP) is 5.07. The average molecular weight is 373 g/mol. The lowest BCUT2D eigenvalue weighted by atomic mass is 9.85. The summed E-state index contributed by atoms with van der Waals surface area (Å²) in [6, 6.07) is 17.2. The Labute approximate surface area is 167 Å². The van der Waals surface area contributed by atoms with Gasteiger partial charge in [-0.15, -0.1) is 0 Å². The second-order valence-corrected chi connectivity index (χ2v) is 8.21. The summed E-state index contributed by atoms with van der Waals surface area (Å²) in [6.45, 7) is 3.45. The number of fused-ring (bicyclic) bond motifs is 3. The van der Waals surface area contributed by atoms with Crippen LogP contribution in [0.4, 0.5) is 0 Å². The Morgan fingerprint density at radius 1 is 1.11 bits per heavy atom. The van der Waals surface area contributed by atoms with Crippen LogP contribution >= 0.6 is 0 Å². The third kappa shape index (κ3) is 3.35. The van der Waals surface area contributed by atoms with Crippen molar-refractivity contribution in [2.75, 3.05) is 26.7 Å². The van der Waals surface area contributed by atoms with Crippen molar-refractivity contribution in [3.05, 3.63) is 71.4 Å². The number of nitrogens with one attached hydrogen (secondary N) is 1. The molecular weight excluding hydrogens is 344 g/mol. The fraction of sp³-hybridized carbons (Fsp3) is 0.360. The zero-order valence-corrected chi connectivity index (χ0v) is 16.6. The second kappa shape index (κ2) is 7.48. The normalized spacial score (nSPS) is 20.0. The molecule has 0 amide bonds. The van der Waals surface area contributed by atoms with E-state index < -0.39 is 0 Å². The maximum Gasteiger partial charge on any atom is 0.119 e. The molecule has 0 spiro atoms. The molecule has 1 aliphatic heterocycles. The third-order valence-corrected chi connectivity index (χ3v) is 6.45. The molecule has 0 saturated heterocycles. The molecule has 1 unspecified atom stereocenters. The van der Waals surface area contributed by atoms with Gasteiger partial charge in [0.25, 0.3) is 0 Å². The Kier molecular flexibility index (Phi) is 4.69. The molecule has 2 aromatic carbocycles. The van der Waals surface area contributed by atoms with Gasteiger partial charge in [-0.05, 0) is 66.5 Å². The maximum atomic E-state index is 5.45. The summed E-state index contributed by atoms with van der Waals surface area (Å²) < 4.78 is 5.45. The topological polar surface area (TPSA) is 28.3 Å². The van der Waals surface area contributed by atoms with Crippen LogP contribution in [0.1, 0.15) is 29.7 Å². The van der Waals surface area contributed by atoms with Crippen molar-refractivity contribution in [3.63, 3.8) is 0 Å². The summed E-state index contributed by atoms with van der Waals surface area (Å²) in [6.07, 6.45) is 7.21. The van der Waals surface area contributed by atoms with E-state index in [4.69, 9.17) is 4.74 Å². The summed E-state index contributed by atoms with van der Waals surface area (Å²) in [5.41, 5.74) is 7.09. The molecule has 5 rings (SSSR count). The van der Waals surface area contributed by atoms with Crippen LogP contribution < -0.4 is 4.74 Å². The highest BCUT2D eigenvalue weighted by molar-refractivity contribution is 5.86. The fourth-order valence-electron chi connectivity index (χ4n) is 4.91. The van der Waals surface area contributed by atoms with Gasteiger partial charge in [-0.2, -0.15) is 0 Å². The Morgan fingerprint density at radius 2 is 2.00 bits per heavy atom. The molecule has 3 heteroatoms. The molecular formula is C25H28N2O. The molecule has 1 atom stereocenters.